The third-order valence-electron chi connectivity index (χ3n) is 5.38. The zero-order chi connectivity index (χ0) is 12.4. The molecule has 18 heavy (non-hydrogen) atoms. The Balaban J connectivity index is 1.59. The van der Waals surface area contributed by atoms with Gasteiger partial charge in [0.05, 0.1) is 0 Å². The van der Waals surface area contributed by atoms with Crippen molar-refractivity contribution in [3.63, 3.8) is 0 Å². The summed E-state index contributed by atoms with van der Waals surface area (Å²) in [5.74, 6) is 1.01. The Morgan fingerprint density at radius 2 is 1.56 bits per heavy atom. The van der Waals surface area contributed by atoms with Gasteiger partial charge in [0.2, 0.25) is 0 Å². The van der Waals surface area contributed by atoms with Gasteiger partial charge in [0.1, 0.15) is 0 Å². The van der Waals surface area contributed by atoms with E-state index in [9.17, 15) is 0 Å². The minimum absolute atomic E-state index is 0.754. The van der Waals surface area contributed by atoms with E-state index in [1.807, 2.05) is 0 Å². The molecule has 2 heteroatoms. The second-order valence-electron chi connectivity index (χ2n) is 6.90. The summed E-state index contributed by atoms with van der Waals surface area (Å²) in [5, 5.41) is 3.79. The Hall–Kier alpha value is -0.0800. The van der Waals surface area contributed by atoms with E-state index in [1.54, 1.807) is 0 Å². The van der Waals surface area contributed by atoms with Crippen molar-refractivity contribution in [1.29, 1.82) is 0 Å². The average Bonchev–Trinajstić information content (AvgIpc) is 3.14. The van der Waals surface area contributed by atoms with Crippen LogP contribution in [0.5, 0.6) is 0 Å². The van der Waals surface area contributed by atoms with E-state index >= 15 is 0 Å². The lowest BCUT2D eigenvalue weighted by Gasteiger charge is -2.44. The molecule has 0 aromatic rings. The fourth-order valence-electron chi connectivity index (χ4n) is 4.00. The van der Waals surface area contributed by atoms with E-state index in [2.05, 4.69) is 17.1 Å². The largest absolute Gasteiger partial charge is 0.311 e. The van der Waals surface area contributed by atoms with Crippen molar-refractivity contribution in [3.8, 4) is 0 Å². The molecule has 0 radical (unpaired) electrons. The van der Waals surface area contributed by atoms with Crippen LogP contribution in [-0.2, 0) is 0 Å². The Labute approximate surface area is 113 Å². The topological polar surface area (TPSA) is 15.3 Å². The third-order valence-corrected chi connectivity index (χ3v) is 5.38. The normalized spacial score (nSPS) is 37.2. The van der Waals surface area contributed by atoms with Crippen LogP contribution in [0.4, 0.5) is 0 Å². The Morgan fingerprint density at radius 1 is 0.889 bits per heavy atom. The zero-order valence-corrected chi connectivity index (χ0v) is 12.0. The first-order chi connectivity index (χ1) is 8.84. The summed E-state index contributed by atoms with van der Waals surface area (Å²) in [6, 6.07) is 2.46. The van der Waals surface area contributed by atoms with Gasteiger partial charge in [0.25, 0.3) is 0 Å². The highest BCUT2D eigenvalue weighted by Crippen LogP contribution is 2.35. The molecule has 1 saturated heterocycles. The molecule has 104 valence electrons. The van der Waals surface area contributed by atoms with Crippen LogP contribution >= 0.6 is 0 Å². The molecule has 2 saturated carbocycles. The van der Waals surface area contributed by atoms with Gasteiger partial charge in [0, 0.05) is 31.2 Å². The molecular formula is C16H30N2. The van der Waals surface area contributed by atoms with Gasteiger partial charge in [-0.25, -0.2) is 0 Å². The van der Waals surface area contributed by atoms with E-state index in [-0.39, 0.29) is 0 Å². The van der Waals surface area contributed by atoms with Crippen molar-refractivity contribution in [2.24, 2.45) is 5.92 Å². The minimum atomic E-state index is 0.754. The van der Waals surface area contributed by atoms with Gasteiger partial charge >= 0.3 is 0 Å². The molecule has 0 bridgehead atoms. The van der Waals surface area contributed by atoms with E-state index in [1.165, 1.54) is 70.9 Å². The molecule has 2 unspecified atom stereocenters. The molecule has 0 amide bonds. The molecule has 0 spiro atoms. The molecule has 1 aliphatic heterocycles. The standard InChI is InChI=1S/C16H30N2/c1-13-11-17-16(14-9-10-14)12-18(13)15-7-5-3-2-4-6-8-15/h13-17H,2-12H2,1H3. The summed E-state index contributed by atoms with van der Waals surface area (Å²) >= 11 is 0. The molecular weight excluding hydrogens is 220 g/mol. The van der Waals surface area contributed by atoms with Crippen LogP contribution in [0.1, 0.15) is 64.7 Å². The van der Waals surface area contributed by atoms with Crippen LogP contribution in [-0.4, -0.2) is 36.1 Å². The highest BCUT2D eigenvalue weighted by Gasteiger charge is 2.37. The molecule has 2 nitrogen and oxygen atoms in total. The second-order valence-corrected chi connectivity index (χ2v) is 6.90. The predicted octanol–water partition coefficient (Wildman–Crippen LogP) is 3.17. The monoisotopic (exact) mass is 250 g/mol. The molecule has 3 rings (SSSR count). The van der Waals surface area contributed by atoms with Crippen LogP contribution in [0.15, 0.2) is 0 Å². The number of hydrogen-bond acceptors (Lipinski definition) is 2. The van der Waals surface area contributed by atoms with Crippen molar-refractivity contribution in [2.75, 3.05) is 13.1 Å². The lowest BCUT2D eigenvalue weighted by molar-refractivity contribution is 0.0706. The molecule has 0 aromatic heterocycles. The van der Waals surface area contributed by atoms with Gasteiger partial charge in [-0.15, -0.1) is 0 Å². The minimum Gasteiger partial charge on any atom is -0.311 e. The van der Waals surface area contributed by atoms with Crippen molar-refractivity contribution in [2.45, 2.75) is 82.8 Å². The first kappa shape index (κ1) is 12.9. The van der Waals surface area contributed by atoms with Gasteiger partial charge < -0.3 is 5.32 Å². The second kappa shape index (κ2) is 5.92. The quantitative estimate of drug-likeness (QED) is 0.810. The lowest BCUT2D eigenvalue weighted by atomic mass is 9.93. The van der Waals surface area contributed by atoms with Gasteiger partial charge in [0.15, 0.2) is 0 Å². The molecule has 1 heterocycles. The molecule has 1 N–H and O–H groups in total. The summed E-state index contributed by atoms with van der Waals surface area (Å²) in [5.41, 5.74) is 0. The Morgan fingerprint density at radius 3 is 2.22 bits per heavy atom. The summed E-state index contributed by atoms with van der Waals surface area (Å²) in [4.78, 5) is 2.87. The van der Waals surface area contributed by atoms with Gasteiger partial charge in [-0.3, -0.25) is 4.90 Å². The maximum absolute atomic E-state index is 3.79. The Bertz CT molecular complexity index is 254. The van der Waals surface area contributed by atoms with Crippen LogP contribution in [0.2, 0.25) is 0 Å². The van der Waals surface area contributed by atoms with E-state index in [0.717, 1.165) is 24.0 Å². The number of piperazine rings is 1. The van der Waals surface area contributed by atoms with Crippen molar-refractivity contribution >= 4 is 0 Å². The summed E-state index contributed by atoms with van der Waals surface area (Å²) < 4.78 is 0. The third kappa shape index (κ3) is 3.08. The highest BCUT2D eigenvalue weighted by atomic mass is 15.3. The summed E-state index contributed by atoms with van der Waals surface area (Å²) in [6.45, 7) is 4.98. The SMILES string of the molecule is CC1CNC(C2CC2)CN1C1CCCCCCC1. The first-order valence-corrected chi connectivity index (χ1v) is 8.34. The lowest BCUT2D eigenvalue weighted by Crippen LogP contribution is -2.59. The predicted molar refractivity (Wildman–Crippen MR) is 76.8 cm³/mol. The van der Waals surface area contributed by atoms with E-state index in [4.69, 9.17) is 0 Å². The maximum Gasteiger partial charge on any atom is 0.0224 e. The number of hydrogen-bond donors (Lipinski definition) is 1. The average molecular weight is 250 g/mol. The highest BCUT2D eigenvalue weighted by molar-refractivity contribution is 4.95. The van der Waals surface area contributed by atoms with Crippen LogP contribution in [0.3, 0.4) is 0 Å². The van der Waals surface area contributed by atoms with E-state index in [0.29, 0.717) is 0 Å². The fraction of sp³-hybridized carbons (Fsp3) is 1.00. The molecule has 2 atom stereocenters. The van der Waals surface area contributed by atoms with Crippen molar-refractivity contribution in [3.05, 3.63) is 0 Å². The Kier molecular flexibility index (Phi) is 4.25. The van der Waals surface area contributed by atoms with E-state index < -0.39 is 0 Å². The maximum atomic E-state index is 3.79. The molecule has 3 fully saturated rings. The van der Waals surface area contributed by atoms with Crippen molar-refractivity contribution in [1.82, 2.24) is 10.2 Å². The summed E-state index contributed by atoms with van der Waals surface area (Å²) in [6.07, 6.45) is 13.2. The fourth-order valence-corrected chi connectivity index (χ4v) is 4.00. The summed E-state index contributed by atoms with van der Waals surface area (Å²) in [7, 11) is 0. The van der Waals surface area contributed by atoms with Crippen LogP contribution in [0.25, 0.3) is 0 Å². The van der Waals surface area contributed by atoms with Crippen LogP contribution in [0, 0.1) is 5.92 Å². The van der Waals surface area contributed by atoms with Gasteiger partial charge in [-0.2, -0.15) is 0 Å². The molecule has 0 aromatic carbocycles. The van der Waals surface area contributed by atoms with Crippen LogP contribution < -0.4 is 5.32 Å². The number of rotatable bonds is 2. The van der Waals surface area contributed by atoms with Crippen molar-refractivity contribution < 1.29 is 0 Å². The smallest absolute Gasteiger partial charge is 0.0224 e. The molecule has 3 aliphatic rings. The number of nitrogens with zero attached hydrogens (tertiary/aromatic N) is 1. The zero-order valence-electron chi connectivity index (χ0n) is 12.0. The molecule has 2 aliphatic carbocycles. The first-order valence-electron chi connectivity index (χ1n) is 8.34. The number of nitrogens with one attached hydrogen (secondary N) is 1. The van der Waals surface area contributed by atoms with Gasteiger partial charge in [-0.1, -0.05) is 32.1 Å². The van der Waals surface area contributed by atoms with Gasteiger partial charge in [-0.05, 0) is 38.5 Å².